The molecular formula is C10H15FN2O. The third kappa shape index (κ3) is 2.42. The first kappa shape index (κ1) is 10.9. The molecule has 0 aliphatic heterocycles. The lowest BCUT2D eigenvalue weighted by Gasteiger charge is -2.18. The van der Waals surface area contributed by atoms with Crippen molar-refractivity contribution in [3.63, 3.8) is 0 Å². The predicted molar refractivity (Wildman–Crippen MR) is 52.9 cm³/mol. The summed E-state index contributed by atoms with van der Waals surface area (Å²) < 4.78 is 19.0. The number of hydrogen-bond acceptors (Lipinski definition) is 3. The summed E-state index contributed by atoms with van der Waals surface area (Å²) in [5.41, 5.74) is 4.23. The number of rotatable bonds is 4. The van der Waals surface area contributed by atoms with Crippen LogP contribution in [0.2, 0.25) is 0 Å². The molecule has 14 heavy (non-hydrogen) atoms. The Morgan fingerprint density at radius 2 is 2.29 bits per heavy atom. The molecule has 3 nitrogen and oxygen atoms in total. The van der Waals surface area contributed by atoms with E-state index in [-0.39, 0.29) is 6.54 Å². The standard InChI is InChI=1S/C10H15FN2O/c1-3-14-9-4-8(5-13-6-9)10(2,11)7-12/h4-6H,3,7,12H2,1-2H3. The van der Waals surface area contributed by atoms with Gasteiger partial charge in [0.05, 0.1) is 12.8 Å². The summed E-state index contributed by atoms with van der Waals surface area (Å²) in [5.74, 6) is 0.572. The van der Waals surface area contributed by atoms with Crippen molar-refractivity contribution in [3.05, 3.63) is 24.0 Å². The fourth-order valence-corrected chi connectivity index (χ4v) is 1.07. The van der Waals surface area contributed by atoms with Crippen molar-refractivity contribution in [2.75, 3.05) is 13.2 Å². The maximum absolute atomic E-state index is 13.8. The summed E-state index contributed by atoms with van der Waals surface area (Å²) in [6.45, 7) is 3.77. The maximum Gasteiger partial charge on any atom is 0.146 e. The monoisotopic (exact) mass is 198 g/mol. The molecule has 0 amide bonds. The van der Waals surface area contributed by atoms with Crippen LogP contribution in [0, 0.1) is 0 Å². The van der Waals surface area contributed by atoms with Gasteiger partial charge in [0.2, 0.25) is 0 Å². The molecule has 4 heteroatoms. The van der Waals surface area contributed by atoms with Crippen LogP contribution < -0.4 is 10.5 Å². The van der Waals surface area contributed by atoms with E-state index >= 15 is 0 Å². The van der Waals surface area contributed by atoms with Crippen molar-refractivity contribution in [3.8, 4) is 5.75 Å². The minimum atomic E-state index is -1.54. The average molecular weight is 198 g/mol. The Bertz CT molecular complexity index is 302. The van der Waals surface area contributed by atoms with Crippen LogP contribution in [-0.2, 0) is 5.67 Å². The Morgan fingerprint density at radius 3 is 2.86 bits per heavy atom. The molecule has 78 valence electrons. The lowest BCUT2D eigenvalue weighted by Crippen LogP contribution is -2.26. The van der Waals surface area contributed by atoms with E-state index < -0.39 is 5.67 Å². The van der Waals surface area contributed by atoms with Gasteiger partial charge in [-0.05, 0) is 19.9 Å². The Balaban J connectivity index is 2.93. The average Bonchev–Trinajstić information content (AvgIpc) is 2.19. The molecule has 0 saturated carbocycles. The summed E-state index contributed by atoms with van der Waals surface area (Å²) in [5, 5.41) is 0. The summed E-state index contributed by atoms with van der Waals surface area (Å²) in [7, 11) is 0. The van der Waals surface area contributed by atoms with Crippen molar-refractivity contribution in [1.29, 1.82) is 0 Å². The second kappa shape index (κ2) is 4.37. The Morgan fingerprint density at radius 1 is 1.57 bits per heavy atom. The number of halogens is 1. The highest BCUT2D eigenvalue weighted by atomic mass is 19.1. The Hall–Kier alpha value is -1.16. The largest absolute Gasteiger partial charge is 0.492 e. The molecule has 2 N–H and O–H groups in total. The number of aromatic nitrogens is 1. The van der Waals surface area contributed by atoms with Crippen LogP contribution in [0.4, 0.5) is 4.39 Å². The Kier molecular flexibility index (Phi) is 3.41. The normalized spacial score (nSPS) is 14.9. The SMILES string of the molecule is CCOc1cncc(C(C)(F)CN)c1. The number of hydrogen-bond donors (Lipinski definition) is 1. The highest BCUT2D eigenvalue weighted by Crippen LogP contribution is 2.25. The van der Waals surface area contributed by atoms with E-state index in [2.05, 4.69) is 4.98 Å². The maximum atomic E-state index is 13.8. The number of nitrogens with zero attached hydrogens (tertiary/aromatic N) is 1. The first-order valence-corrected chi connectivity index (χ1v) is 4.57. The van der Waals surface area contributed by atoms with Gasteiger partial charge >= 0.3 is 0 Å². The zero-order chi connectivity index (χ0) is 10.6. The van der Waals surface area contributed by atoms with Crippen LogP contribution in [0.15, 0.2) is 18.5 Å². The quantitative estimate of drug-likeness (QED) is 0.799. The fourth-order valence-electron chi connectivity index (χ4n) is 1.07. The van der Waals surface area contributed by atoms with E-state index in [0.717, 1.165) is 0 Å². The molecule has 0 aromatic carbocycles. The lowest BCUT2D eigenvalue weighted by atomic mass is 10.0. The third-order valence-electron chi connectivity index (χ3n) is 2.01. The van der Waals surface area contributed by atoms with E-state index in [9.17, 15) is 4.39 Å². The highest BCUT2D eigenvalue weighted by Gasteiger charge is 2.24. The van der Waals surface area contributed by atoms with Crippen molar-refractivity contribution < 1.29 is 9.13 Å². The molecule has 0 saturated heterocycles. The molecule has 1 atom stereocenters. The molecule has 0 bridgehead atoms. The molecular weight excluding hydrogens is 183 g/mol. The first-order valence-electron chi connectivity index (χ1n) is 4.57. The van der Waals surface area contributed by atoms with Gasteiger partial charge in [-0.15, -0.1) is 0 Å². The van der Waals surface area contributed by atoms with Crippen LogP contribution in [-0.4, -0.2) is 18.1 Å². The van der Waals surface area contributed by atoms with Crippen molar-refractivity contribution in [2.24, 2.45) is 5.73 Å². The summed E-state index contributed by atoms with van der Waals surface area (Å²) in [4.78, 5) is 3.90. The van der Waals surface area contributed by atoms with Gasteiger partial charge in [0, 0.05) is 18.3 Å². The van der Waals surface area contributed by atoms with Gasteiger partial charge in [-0.1, -0.05) is 0 Å². The van der Waals surface area contributed by atoms with Gasteiger partial charge in [0.15, 0.2) is 0 Å². The van der Waals surface area contributed by atoms with Crippen LogP contribution in [0.1, 0.15) is 19.4 Å². The summed E-state index contributed by atoms with van der Waals surface area (Å²) in [6, 6.07) is 1.63. The van der Waals surface area contributed by atoms with Gasteiger partial charge in [0.25, 0.3) is 0 Å². The molecule has 1 rings (SSSR count). The van der Waals surface area contributed by atoms with Gasteiger partial charge in [-0.3, -0.25) is 4.98 Å². The molecule has 0 aliphatic rings. The third-order valence-corrected chi connectivity index (χ3v) is 2.01. The number of nitrogens with two attached hydrogens (primary N) is 1. The van der Waals surface area contributed by atoms with E-state index in [1.807, 2.05) is 6.92 Å². The highest BCUT2D eigenvalue weighted by molar-refractivity contribution is 5.27. The number of pyridine rings is 1. The van der Waals surface area contributed by atoms with Crippen molar-refractivity contribution >= 4 is 0 Å². The minimum absolute atomic E-state index is 0.0652. The second-order valence-electron chi connectivity index (χ2n) is 3.24. The van der Waals surface area contributed by atoms with Gasteiger partial charge in [-0.2, -0.15) is 0 Å². The summed E-state index contributed by atoms with van der Waals surface area (Å²) >= 11 is 0. The van der Waals surface area contributed by atoms with Crippen LogP contribution >= 0.6 is 0 Å². The molecule has 0 aliphatic carbocycles. The van der Waals surface area contributed by atoms with Crippen LogP contribution in [0.3, 0.4) is 0 Å². The van der Waals surface area contributed by atoms with E-state index in [1.165, 1.54) is 13.1 Å². The second-order valence-corrected chi connectivity index (χ2v) is 3.24. The Labute approximate surface area is 83.1 Å². The molecule has 0 spiro atoms. The number of ether oxygens (including phenoxy) is 1. The van der Waals surface area contributed by atoms with Crippen molar-refractivity contribution in [1.82, 2.24) is 4.98 Å². The molecule has 1 unspecified atom stereocenters. The zero-order valence-corrected chi connectivity index (χ0v) is 8.46. The van der Waals surface area contributed by atoms with E-state index in [4.69, 9.17) is 10.5 Å². The van der Waals surface area contributed by atoms with E-state index in [1.54, 1.807) is 12.3 Å². The molecule has 1 heterocycles. The van der Waals surface area contributed by atoms with Crippen LogP contribution in [0.5, 0.6) is 5.75 Å². The fraction of sp³-hybridized carbons (Fsp3) is 0.500. The topological polar surface area (TPSA) is 48.1 Å². The van der Waals surface area contributed by atoms with E-state index in [0.29, 0.717) is 17.9 Å². The minimum Gasteiger partial charge on any atom is -0.492 e. The van der Waals surface area contributed by atoms with Gasteiger partial charge in [-0.25, -0.2) is 4.39 Å². The number of alkyl halides is 1. The molecule has 1 aromatic rings. The zero-order valence-electron chi connectivity index (χ0n) is 8.46. The summed E-state index contributed by atoms with van der Waals surface area (Å²) in [6.07, 6.45) is 3.02. The van der Waals surface area contributed by atoms with Gasteiger partial charge < -0.3 is 10.5 Å². The predicted octanol–water partition coefficient (Wildman–Crippen LogP) is 1.62. The molecule has 1 aromatic heterocycles. The lowest BCUT2D eigenvalue weighted by molar-refractivity contribution is 0.202. The first-order chi connectivity index (χ1) is 6.60. The molecule has 0 radical (unpaired) electrons. The molecule has 0 fully saturated rings. The van der Waals surface area contributed by atoms with Gasteiger partial charge in [0.1, 0.15) is 11.4 Å². The van der Waals surface area contributed by atoms with Crippen molar-refractivity contribution in [2.45, 2.75) is 19.5 Å². The smallest absolute Gasteiger partial charge is 0.146 e. The van der Waals surface area contributed by atoms with Crippen LogP contribution in [0.25, 0.3) is 0 Å².